The Bertz CT molecular complexity index is 178. The van der Waals surface area contributed by atoms with Crippen LogP contribution in [-0.4, -0.2) is 30.9 Å². The highest BCUT2D eigenvalue weighted by atomic mass is 16.5. The number of hydrogen-bond acceptors (Lipinski definition) is 4. The summed E-state index contributed by atoms with van der Waals surface area (Å²) in [7, 11) is 0. The summed E-state index contributed by atoms with van der Waals surface area (Å²) in [5, 5.41) is 8.40. The van der Waals surface area contributed by atoms with E-state index in [2.05, 4.69) is 0 Å². The van der Waals surface area contributed by atoms with Gasteiger partial charge in [-0.05, 0) is 24.8 Å². The highest BCUT2D eigenvalue weighted by Gasteiger charge is 2.33. The lowest BCUT2D eigenvalue weighted by Gasteiger charge is -2.35. The Morgan fingerprint density at radius 3 is 2.62 bits per heavy atom. The van der Waals surface area contributed by atoms with Gasteiger partial charge in [0.2, 0.25) is 5.91 Å². The molecule has 0 radical (unpaired) electrons. The van der Waals surface area contributed by atoms with Crippen LogP contribution in [0.2, 0.25) is 0 Å². The molecule has 1 heterocycles. The molecule has 1 amide bonds. The predicted octanol–water partition coefficient (Wildman–Crippen LogP) is -0.363. The van der Waals surface area contributed by atoms with E-state index < -0.39 is 0 Å². The second-order valence-corrected chi connectivity index (χ2v) is 3.53. The summed E-state index contributed by atoms with van der Waals surface area (Å²) in [5.41, 5.74) is 7.08. The molecule has 0 aliphatic carbocycles. The van der Waals surface area contributed by atoms with Crippen LogP contribution in [0.1, 0.15) is 19.3 Å². The molecule has 0 aromatic rings. The molecule has 0 aromatic carbocycles. The van der Waals surface area contributed by atoms with Crippen LogP contribution in [0.25, 0.3) is 0 Å². The van der Waals surface area contributed by atoms with Gasteiger partial charge in [-0.2, -0.15) is 0 Å². The maximum atomic E-state index is 11.0. The van der Waals surface area contributed by atoms with Crippen LogP contribution >= 0.6 is 0 Å². The Morgan fingerprint density at radius 2 is 2.15 bits per heavy atom. The first-order valence-corrected chi connectivity index (χ1v) is 4.43. The van der Waals surface area contributed by atoms with Crippen LogP contribution in [0.4, 0.5) is 0 Å². The molecular weight excluding hydrogens is 172 g/mol. The number of nitrogens with two attached hydrogens (primary N) is 1. The Morgan fingerprint density at radius 1 is 1.54 bits per heavy atom. The van der Waals surface area contributed by atoms with Crippen LogP contribution in [-0.2, 0) is 9.53 Å². The smallest absolute Gasteiger partial charge is 0.243 e. The fourth-order valence-corrected chi connectivity index (χ4v) is 1.64. The van der Waals surface area contributed by atoms with Crippen molar-refractivity contribution in [1.29, 1.82) is 0 Å². The van der Waals surface area contributed by atoms with Crippen LogP contribution in [0.15, 0.2) is 0 Å². The number of rotatable bonds is 3. The van der Waals surface area contributed by atoms with E-state index in [-0.39, 0.29) is 17.7 Å². The molecule has 76 valence electrons. The van der Waals surface area contributed by atoms with E-state index in [4.69, 9.17) is 15.7 Å². The molecule has 5 nitrogen and oxygen atoms in total. The van der Waals surface area contributed by atoms with Crippen molar-refractivity contribution in [2.24, 2.45) is 11.1 Å². The fourth-order valence-electron chi connectivity index (χ4n) is 1.64. The minimum absolute atomic E-state index is 0.176. The molecule has 1 aliphatic rings. The van der Waals surface area contributed by atoms with Gasteiger partial charge in [-0.25, -0.2) is 5.48 Å². The first-order chi connectivity index (χ1) is 6.22. The van der Waals surface area contributed by atoms with Crippen molar-refractivity contribution in [3.05, 3.63) is 0 Å². The summed E-state index contributed by atoms with van der Waals surface area (Å²) in [4.78, 5) is 11.0. The molecule has 0 atom stereocenters. The zero-order valence-electron chi connectivity index (χ0n) is 7.58. The zero-order valence-corrected chi connectivity index (χ0v) is 7.58. The fraction of sp³-hybridized carbons (Fsp3) is 0.875. The van der Waals surface area contributed by atoms with Crippen molar-refractivity contribution < 1.29 is 14.7 Å². The number of hydroxylamine groups is 1. The maximum Gasteiger partial charge on any atom is 0.243 e. The Labute approximate surface area is 77.2 Å². The maximum absolute atomic E-state index is 11.0. The third-order valence-corrected chi connectivity index (χ3v) is 2.65. The lowest BCUT2D eigenvalue weighted by atomic mass is 9.77. The average molecular weight is 188 g/mol. The Balaban J connectivity index is 2.52. The quantitative estimate of drug-likeness (QED) is 0.417. The minimum atomic E-state index is -0.368. The number of amides is 1. The van der Waals surface area contributed by atoms with Gasteiger partial charge in [0, 0.05) is 19.6 Å². The van der Waals surface area contributed by atoms with Crippen molar-refractivity contribution in [1.82, 2.24) is 5.48 Å². The zero-order chi connectivity index (χ0) is 9.73. The summed E-state index contributed by atoms with van der Waals surface area (Å²) >= 11 is 0. The molecule has 1 fully saturated rings. The minimum Gasteiger partial charge on any atom is -0.381 e. The Hall–Kier alpha value is -0.650. The summed E-state index contributed by atoms with van der Waals surface area (Å²) in [6, 6.07) is 0. The predicted molar refractivity (Wildman–Crippen MR) is 46.1 cm³/mol. The first-order valence-electron chi connectivity index (χ1n) is 4.43. The van der Waals surface area contributed by atoms with Gasteiger partial charge in [-0.15, -0.1) is 0 Å². The van der Waals surface area contributed by atoms with Gasteiger partial charge < -0.3 is 10.5 Å². The molecule has 1 saturated heterocycles. The molecular formula is C8H16N2O3. The van der Waals surface area contributed by atoms with Gasteiger partial charge in [0.1, 0.15) is 0 Å². The van der Waals surface area contributed by atoms with Crippen molar-refractivity contribution in [2.75, 3.05) is 19.8 Å². The standard InChI is InChI=1S/C8H16N2O3/c9-6-8(5-7(11)10-12)1-3-13-4-2-8/h12H,1-6,9H2,(H,10,11). The SMILES string of the molecule is NCC1(CC(=O)NO)CCOCC1. The molecule has 13 heavy (non-hydrogen) atoms. The lowest BCUT2D eigenvalue weighted by Crippen LogP contribution is -2.40. The molecule has 0 spiro atoms. The van der Waals surface area contributed by atoms with Crippen molar-refractivity contribution in [3.8, 4) is 0 Å². The van der Waals surface area contributed by atoms with E-state index in [1.165, 1.54) is 0 Å². The third-order valence-electron chi connectivity index (χ3n) is 2.65. The van der Waals surface area contributed by atoms with E-state index in [1.54, 1.807) is 5.48 Å². The number of ether oxygens (including phenoxy) is 1. The van der Waals surface area contributed by atoms with E-state index >= 15 is 0 Å². The number of carbonyl (C=O) groups excluding carboxylic acids is 1. The van der Waals surface area contributed by atoms with Gasteiger partial charge in [-0.1, -0.05) is 0 Å². The number of hydrogen-bond donors (Lipinski definition) is 3. The molecule has 0 aromatic heterocycles. The summed E-state index contributed by atoms with van der Waals surface area (Å²) in [6.07, 6.45) is 1.86. The largest absolute Gasteiger partial charge is 0.381 e. The normalized spacial score (nSPS) is 21.1. The molecule has 4 N–H and O–H groups in total. The van der Waals surface area contributed by atoms with E-state index in [1.807, 2.05) is 0 Å². The summed E-state index contributed by atoms with van der Waals surface area (Å²) in [5.74, 6) is -0.368. The highest BCUT2D eigenvalue weighted by Crippen LogP contribution is 2.32. The lowest BCUT2D eigenvalue weighted by molar-refractivity contribution is -0.133. The van der Waals surface area contributed by atoms with E-state index in [9.17, 15) is 4.79 Å². The van der Waals surface area contributed by atoms with Gasteiger partial charge in [0.25, 0.3) is 0 Å². The van der Waals surface area contributed by atoms with Crippen LogP contribution in [0.5, 0.6) is 0 Å². The molecule has 0 unspecified atom stereocenters. The molecule has 0 bridgehead atoms. The van der Waals surface area contributed by atoms with Gasteiger partial charge in [0.15, 0.2) is 0 Å². The van der Waals surface area contributed by atoms with Gasteiger partial charge >= 0.3 is 0 Å². The second kappa shape index (κ2) is 4.55. The average Bonchev–Trinajstić information content (AvgIpc) is 2.19. The summed E-state index contributed by atoms with van der Waals surface area (Å²) in [6.45, 7) is 1.76. The van der Waals surface area contributed by atoms with Crippen LogP contribution < -0.4 is 11.2 Å². The topological polar surface area (TPSA) is 84.6 Å². The Kier molecular flexibility index (Phi) is 3.65. The monoisotopic (exact) mass is 188 g/mol. The van der Waals surface area contributed by atoms with E-state index in [0.29, 0.717) is 19.8 Å². The van der Waals surface area contributed by atoms with Gasteiger partial charge in [0.05, 0.1) is 0 Å². The van der Waals surface area contributed by atoms with Crippen LogP contribution in [0.3, 0.4) is 0 Å². The number of carbonyl (C=O) groups is 1. The van der Waals surface area contributed by atoms with Crippen LogP contribution in [0, 0.1) is 5.41 Å². The number of nitrogens with one attached hydrogen (secondary N) is 1. The first kappa shape index (κ1) is 10.4. The third kappa shape index (κ3) is 2.65. The molecule has 5 heteroatoms. The second-order valence-electron chi connectivity index (χ2n) is 3.53. The summed E-state index contributed by atoms with van der Waals surface area (Å²) < 4.78 is 5.19. The van der Waals surface area contributed by atoms with Crippen molar-refractivity contribution in [3.63, 3.8) is 0 Å². The molecule has 0 saturated carbocycles. The molecule has 1 rings (SSSR count). The van der Waals surface area contributed by atoms with Crippen molar-refractivity contribution >= 4 is 5.91 Å². The molecule has 1 aliphatic heterocycles. The van der Waals surface area contributed by atoms with E-state index in [0.717, 1.165) is 12.8 Å². The van der Waals surface area contributed by atoms with Gasteiger partial charge in [-0.3, -0.25) is 10.0 Å². The highest BCUT2D eigenvalue weighted by molar-refractivity contribution is 5.75. The van der Waals surface area contributed by atoms with Crippen molar-refractivity contribution in [2.45, 2.75) is 19.3 Å².